The summed E-state index contributed by atoms with van der Waals surface area (Å²) in [4.78, 5) is 7.99. The zero-order valence-electron chi connectivity index (χ0n) is 7.04. The normalized spacial score (nSPS) is 9.42. The Kier molecular flexibility index (Phi) is 2.63. The van der Waals surface area contributed by atoms with Gasteiger partial charge in [0.15, 0.2) is 5.82 Å². The van der Waals surface area contributed by atoms with Crippen LogP contribution in [0.15, 0.2) is 19.1 Å². The van der Waals surface area contributed by atoms with Gasteiger partial charge in [0.05, 0.1) is 11.4 Å². The number of nitrogen functional groups attached to an aromatic ring is 1. The van der Waals surface area contributed by atoms with Crippen LogP contribution in [0.2, 0.25) is 0 Å². The molecule has 0 fully saturated rings. The van der Waals surface area contributed by atoms with E-state index < -0.39 is 0 Å². The van der Waals surface area contributed by atoms with Crippen molar-refractivity contribution < 1.29 is 0 Å². The van der Waals surface area contributed by atoms with Gasteiger partial charge in [-0.2, -0.15) is 0 Å². The van der Waals surface area contributed by atoms with Crippen LogP contribution in [0.5, 0.6) is 0 Å². The van der Waals surface area contributed by atoms with Crippen LogP contribution in [0, 0.1) is 0 Å². The Morgan fingerprint density at radius 1 is 1.67 bits per heavy atom. The maximum absolute atomic E-state index is 5.74. The molecule has 4 nitrogen and oxygen atoms in total. The van der Waals surface area contributed by atoms with Crippen molar-refractivity contribution in [3.8, 4) is 0 Å². The van der Waals surface area contributed by atoms with Gasteiger partial charge in [0.25, 0.3) is 0 Å². The lowest BCUT2D eigenvalue weighted by molar-refractivity contribution is 1.01. The Hall–Kier alpha value is -1.58. The third-order valence-electron chi connectivity index (χ3n) is 1.54. The zero-order valence-corrected chi connectivity index (χ0v) is 7.04. The van der Waals surface area contributed by atoms with Gasteiger partial charge in [-0.05, 0) is 12.6 Å². The van der Waals surface area contributed by atoms with Crippen LogP contribution in [0.25, 0.3) is 0 Å². The molecule has 0 amide bonds. The maximum Gasteiger partial charge on any atom is 0.156 e. The highest BCUT2D eigenvalue weighted by atomic mass is 15.0. The van der Waals surface area contributed by atoms with E-state index in [1.807, 2.05) is 6.92 Å². The quantitative estimate of drug-likeness (QED) is 0.704. The Balaban J connectivity index is 3.04. The largest absolute Gasteiger partial charge is 0.394 e. The van der Waals surface area contributed by atoms with Crippen molar-refractivity contribution in [1.82, 2.24) is 9.97 Å². The molecule has 1 aromatic heterocycles. The minimum atomic E-state index is 0.597. The Morgan fingerprint density at radius 3 is 3.00 bits per heavy atom. The van der Waals surface area contributed by atoms with Crippen LogP contribution in [-0.4, -0.2) is 9.97 Å². The topological polar surface area (TPSA) is 63.8 Å². The number of hydrogen-bond donors (Lipinski definition) is 2. The van der Waals surface area contributed by atoms with Gasteiger partial charge in [0, 0.05) is 0 Å². The highest BCUT2D eigenvalue weighted by Crippen LogP contribution is 2.17. The summed E-state index contributed by atoms with van der Waals surface area (Å²) in [5.41, 5.74) is 7.20. The van der Waals surface area contributed by atoms with Gasteiger partial charge in [0.1, 0.15) is 6.33 Å². The molecule has 0 atom stereocenters. The molecule has 3 N–H and O–H groups in total. The third kappa shape index (κ3) is 1.53. The Morgan fingerprint density at radius 2 is 2.42 bits per heavy atom. The fraction of sp³-hybridized carbons (Fsp3) is 0.250. The minimum Gasteiger partial charge on any atom is -0.394 e. The molecule has 0 unspecified atom stereocenters. The van der Waals surface area contributed by atoms with E-state index in [1.54, 1.807) is 0 Å². The fourth-order valence-electron chi connectivity index (χ4n) is 0.925. The smallest absolute Gasteiger partial charge is 0.156 e. The molecule has 0 bridgehead atoms. The van der Waals surface area contributed by atoms with Crippen molar-refractivity contribution in [2.75, 3.05) is 11.1 Å². The number of nitrogens with two attached hydrogens (primary N) is 1. The van der Waals surface area contributed by atoms with Crippen molar-refractivity contribution in [1.29, 1.82) is 0 Å². The first-order valence-corrected chi connectivity index (χ1v) is 3.76. The van der Waals surface area contributed by atoms with E-state index in [9.17, 15) is 0 Å². The molecule has 0 aliphatic carbocycles. The summed E-state index contributed by atoms with van der Waals surface area (Å²) in [7, 11) is 0. The summed E-state index contributed by atoms with van der Waals surface area (Å²) in [6, 6.07) is 0. The Labute approximate surface area is 71.5 Å². The number of hydrogen-bond acceptors (Lipinski definition) is 4. The maximum atomic E-state index is 5.74. The van der Waals surface area contributed by atoms with Gasteiger partial charge in [-0.25, -0.2) is 9.97 Å². The summed E-state index contributed by atoms with van der Waals surface area (Å²) in [6.07, 6.45) is 3.83. The lowest BCUT2D eigenvalue weighted by Gasteiger charge is -2.05. The highest BCUT2D eigenvalue weighted by molar-refractivity contribution is 5.64. The van der Waals surface area contributed by atoms with Crippen molar-refractivity contribution in [2.24, 2.45) is 0 Å². The number of nitrogens with one attached hydrogen (secondary N) is 1. The van der Waals surface area contributed by atoms with Gasteiger partial charge < -0.3 is 11.1 Å². The van der Waals surface area contributed by atoms with Crippen LogP contribution in [-0.2, 0) is 6.42 Å². The molecule has 64 valence electrons. The molecule has 0 aromatic carbocycles. The van der Waals surface area contributed by atoms with Gasteiger partial charge >= 0.3 is 0 Å². The van der Waals surface area contributed by atoms with E-state index in [4.69, 9.17) is 5.73 Å². The van der Waals surface area contributed by atoms with Gasteiger partial charge in [-0.3, -0.25) is 0 Å². The number of aryl methyl sites for hydroxylation is 1. The summed E-state index contributed by atoms with van der Waals surface area (Å²) in [6.45, 7) is 5.52. The molecule has 0 spiro atoms. The SMILES string of the molecule is C=CNc1ncnc(CC)c1N. The number of aromatic nitrogens is 2. The Bertz CT molecular complexity index is 282. The number of anilines is 2. The average Bonchev–Trinajstić information content (AvgIpc) is 2.09. The van der Waals surface area contributed by atoms with E-state index in [0.29, 0.717) is 11.5 Å². The van der Waals surface area contributed by atoms with E-state index in [1.165, 1.54) is 12.5 Å². The third-order valence-corrected chi connectivity index (χ3v) is 1.54. The number of rotatable bonds is 3. The van der Waals surface area contributed by atoms with Crippen LogP contribution < -0.4 is 11.1 Å². The molecule has 1 rings (SSSR count). The van der Waals surface area contributed by atoms with Crippen LogP contribution in [0.3, 0.4) is 0 Å². The van der Waals surface area contributed by atoms with Crippen molar-refractivity contribution in [3.63, 3.8) is 0 Å². The summed E-state index contributed by atoms with van der Waals surface area (Å²) < 4.78 is 0. The molecule has 1 heterocycles. The fourth-order valence-corrected chi connectivity index (χ4v) is 0.925. The summed E-state index contributed by atoms with van der Waals surface area (Å²) >= 11 is 0. The van der Waals surface area contributed by atoms with Gasteiger partial charge in [-0.1, -0.05) is 13.5 Å². The highest BCUT2D eigenvalue weighted by Gasteiger charge is 2.03. The van der Waals surface area contributed by atoms with E-state index in [0.717, 1.165) is 12.1 Å². The first-order chi connectivity index (χ1) is 5.79. The van der Waals surface area contributed by atoms with E-state index in [-0.39, 0.29) is 0 Å². The number of nitrogens with zero attached hydrogens (tertiary/aromatic N) is 2. The summed E-state index contributed by atoms with van der Waals surface area (Å²) in [5, 5.41) is 2.84. The summed E-state index contributed by atoms with van der Waals surface area (Å²) in [5.74, 6) is 0.622. The first kappa shape index (κ1) is 8.52. The lowest BCUT2D eigenvalue weighted by Crippen LogP contribution is -2.03. The molecule has 0 aliphatic heterocycles. The van der Waals surface area contributed by atoms with Crippen molar-refractivity contribution >= 4 is 11.5 Å². The molecule has 12 heavy (non-hydrogen) atoms. The predicted molar refractivity (Wildman–Crippen MR) is 49.6 cm³/mol. The van der Waals surface area contributed by atoms with Crippen molar-refractivity contribution in [3.05, 3.63) is 24.8 Å². The molecule has 0 radical (unpaired) electrons. The van der Waals surface area contributed by atoms with Gasteiger partial charge in [-0.15, -0.1) is 0 Å². The predicted octanol–water partition coefficient (Wildman–Crippen LogP) is 1.18. The zero-order chi connectivity index (χ0) is 8.97. The standard InChI is InChI=1S/C8H12N4/c1-3-6-7(9)8(10-4-2)12-5-11-6/h4-5H,2-3,9H2,1H3,(H,10,11,12). The second-order valence-corrected chi connectivity index (χ2v) is 2.28. The average molecular weight is 164 g/mol. The van der Waals surface area contributed by atoms with Gasteiger partial charge in [0.2, 0.25) is 0 Å². The van der Waals surface area contributed by atoms with Crippen LogP contribution in [0.1, 0.15) is 12.6 Å². The molecule has 0 saturated carbocycles. The molecular formula is C8H12N4. The minimum absolute atomic E-state index is 0.597. The molecule has 1 aromatic rings. The monoisotopic (exact) mass is 164 g/mol. The molecule has 4 heteroatoms. The van der Waals surface area contributed by atoms with Crippen molar-refractivity contribution in [2.45, 2.75) is 13.3 Å². The lowest BCUT2D eigenvalue weighted by atomic mass is 10.3. The molecule has 0 aliphatic rings. The molecular weight excluding hydrogens is 152 g/mol. The van der Waals surface area contributed by atoms with E-state index in [2.05, 4.69) is 21.9 Å². The first-order valence-electron chi connectivity index (χ1n) is 3.76. The van der Waals surface area contributed by atoms with Crippen LogP contribution in [0.4, 0.5) is 11.5 Å². The molecule has 0 saturated heterocycles. The second-order valence-electron chi connectivity index (χ2n) is 2.28. The van der Waals surface area contributed by atoms with Crippen LogP contribution >= 0.6 is 0 Å². The van der Waals surface area contributed by atoms with E-state index >= 15 is 0 Å². The second kappa shape index (κ2) is 3.71.